The Morgan fingerprint density at radius 3 is 2.62 bits per heavy atom. The van der Waals surface area contributed by atoms with Gasteiger partial charge in [0, 0.05) is 12.4 Å². The summed E-state index contributed by atoms with van der Waals surface area (Å²) >= 11 is 0. The molecule has 70 valence electrons. The van der Waals surface area contributed by atoms with Gasteiger partial charge in [-0.15, -0.1) is 0 Å². The number of ether oxygens (including phenoxy) is 2. The fourth-order valence-electron chi connectivity index (χ4n) is 0.718. The number of nitrogens with zero attached hydrogens (tertiary/aromatic N) is 2. The molecule has 1 rings (SSSR count). The maximum absolute atomic E-state index is 10.9. The van der Waals surface area contributed by atoms with Crippen molar-refractivity contribution in [2.45, 2.75) is 13.0 Å². The van der Waals surface area contributed by atoms with E-state index < -0.39 is 12.1 Å². The van der Waals surface area contributed by atoms with Crippen LogP contribution in [0.4, 0.5) is 0 Å². The molecule has 0 amide bonds. The summed E-state index contributed by atoms with van der Waals surface area (Å²) < 4.78 is 9.53. The molecule has 5 heteroatoms. The van der Waals surface area contributed by atoms with Crippen LogP contribution in [0.25, 0.3) is 0 Å². The van der Waals surface area contributed by atoms with Crippen LogP contribution in [0, 0.1) is 0 Å². The van der Waals surface area contributed by atoms with Crippen molar-refractivity contribution in [1.82, 2.24) is 9.97 Å². The lowest BCUT2D eigenvalue weighted by Gasteiger charge is -2.09. The average Bonchev–Trinajstić information content (AvgIpc) is 2.18. The van der Waals surface area contributed by atoms with Gasteiger partial charge in [0.25, 0.3) is 0 Å². The number of aromatic nitrogens is 2. The first-order valence-corrected chi connectivity index (χ1v) is 3.75. The number of hydrogen-bond acceptors (Lipinski definition) is 5. The quantitative estimate of drug-likeness (QED) is 0.634. The summed E-state index contributed by atoms with van der Waals surface area (Å²) in [4.78, 5) is 18.5. The third-order valence-corrected chi connectivity index (χ3v) is 1.36. The van der Waals surface area contributed by atoms with E-state index in [4.69, 9.17) is 4.74 Å². The van der Waals surface area contributed by atoms with Gasteiger partial charge < -0.3 is 9.47 Å². The molecule has 0 fully saturated rings. The number of carbonyl (C=O) groups excluding carboxylic acids is 1. The molecule has 1 heterocycles. The van der Waals surface area contributed by atoms with Crippen molar-refractivity contribution < 1.29 is 14.3 Å². The first kappa shape index (κ1) is 9.44. The van der Waals surface area contributed by atoms with Crippen LogP contribution in [0.3, 0.4) is 0 Å². The normalized spacial score (nSPS) is 11.8. The fraction of sp³-hybridized carbons (Fsp3) is 0.375. The Morgan fingerprint density at radius 2 is 2.08 bits per heavy atom. The van der Waals surface area contributed by atoms with Gasteiger partial charge in [-0.3, -0.25) is 0 Å². The summed E-state index contributed by atoms with van der Waals surface area (Å²) in [6, 6.07) is 1.83. The third kappa shape index (κ3) is 2.70. The molecule has 0 N–H and O–H groups in total. The molecular formula is C8H10N2O3. The zero-order valence-electron chi connectivity index (χ0n) is 7.43. The van der Waals surface area contributed by atoms with Gasteiger partial charge in [-0.25, -0.2) is 14.8 Å². The van der Waals surface area contributed by atoms with Crippen LogP contribution >= 0.6 is 0 Å². The zero-order chi connectivity index (χ0) is 9.68. The molecule has 1 atom stereocenters. The second-order valence-corrected chi connectivity index (χ2v) is 2.31. The van der Waals surface area contributed by atoms with Crippen molar-refractivity contribution in [3.8, 4) is 6.01 Å². The molecule has 0 aromatic carbocycles. The molecule has 0 radical (unpaired) electrons. The van der Waals surface area contributed by atoms with Gasteiger partial charge in [0.2, 0.25) is 0 Å². The number of rotatable bonds is 3. The Balaban J connectivity index is 2.55. The molecule has 0 spiro atoms. The van der Waals surface area contributed by atoms with E-state index in [9.17, 15) is 4.79 Å². The summed E-state index contributed by atoms with van der Waals surface area (Å²) in [6.45, 7) is 1.57. The Bertz CT molecular complexity index is 276. The highest BCUT2D eigenvalue weighted by Crippen LogP contribution is 2.02. The molecular weight excluding hydrogens is 172 g/mol. The van der Waals surface area contributed by atoms with E-state index >= 15 is 0 Å². The summed E-state index contributed by atoms with van der Waals surface area (Å²) in [5.74, 6) is -0.451. The number of methoxy groups -OCH3 is 1. The third-order valence-electron chi connectivity index (χ3n) is 1.36. The second-order valence-electron chi connectivity index (χ2n) is 2.31. The van der Waals surface area contributed by atoms with E-state index in [0.717, 1.165) is 0 Å². The Labute approximate surface area is 75.7 Å². The summed E-state index contributed by atoms with van der Waals surface area (Å²) in [7, 11) is 1.30. The van der Waals surface area contributed by atoms with E-state index in [-0.39, 0.29) is 6.01 Å². The van der Waals surface area contributed by atoms with E-state index in [0.29, 0.717) is 0 Å². The van der Waals surface area contributed by atoms with Gasteiger partial charge in [0.1, 0.15) is 0 Å². The lowest BCUT2D eigenvalue weighted by Crippen LogP contribution is -2.25. The van der Waals surface area contributed by atoms with E-state index in [1.165, 1.54) is 19.5 Å². The standard InChI is InChI=1S/C8H10N2O3/c1-6(7(11)12-2)13-8-9-4-3-5-10-8/h3-6H,1-2H3. The highest BCUT2D eigenvalue weighted by atomic mass is 16.6. The molecule has 0 bridgehead atoms. The topological polar surface area (TPSA) is 61.3 Å². The molecule has 0 aliphatic carbocycles. The summed E-state index contributed by atoms with van der Waals surface area (Å²) in [5.41, 5.74) is 0. The summed E-state index contributed by atoms with van der Waals surface area (Å²) in [6.07, 6.45) is 2.38. The van der Waals surface area contributed by atoms with Crippen molar-refractivity contribution in [3.63, 3.8) is 0 Å². The fourth-order valence-corrected chi connectivity index (χ4v) is 0.718. The van der Waals surface area contributed by atoms with E-state index in [1.54, 1.807) is 13.0 Å². The highest BCUT2D eigenvalue weighted by molar-refractivity contribution is 5.74. The van der Waals surface area contributed by atoms with Crippen molar-refractivity contribution in [2.75, 3.05) is 7.11 Å². The van der Waals surface area contributed by atoms with Crippen LogP contribution < -0.4 is 4.74 Å². The Morgan fingerprint density at radius 1 is 1.46 bits per heavy atom. The van der Waals surface area contributed by atoms with E-state index in [1.807, 2.05) is 0 Å². The van der Waals surface area contributed by atoms with Crippen LogP contribution in [-0.2, 0) is 9.53 Å². The Hall–Kier alpha value is -1.65. The molecule has 0 saturated carbocycles. The van der Waals surface area contributed by atoms with Crippen molar-refractivity contribution in [2.24, 2.45) is 0 Å². The molecule has 5 nitrogen and oxygen atoms in total. The van der Waals surface area contributed by atoms with Gasteiger partial charge in [0.15, 0.2) is 6.10 Å². The van der Waals surface area contributed by atoms with Crippen LogP contribution in [0.1, 0.15) is 6.92 Å². The van der Waals surface area contributed by atoms with Gasteiger partial charge in [-0.1, -0.05) is 0 Å². The average molecular weight is 182 g/mol. The molecule has 1 aromatic heterocycles. The highest BCUT2D eigenvalue weighted by Gasteiger charge is 2.15. The van der Waals surface area contributed by atoms with Crippen molar-refractivity contribution in [1.29, 1.82) is 0 Å². The molecule has 1 unspecified atom stereocenters. The predicted molar refractivity (Wildman–Crippen MR) is 44.1 cm³/mol. The van der Waals surface area contributed by atoms with E-state index in [2.05, 4.69) is 14.7 Å². The largest absolute Gasteiger partial charge is 0.466 e. The number of esters is 1. The number of hydrogen-bond donors (Lipinski definition) is 0. The first-order chi connectivity index (χ1) is 6.24. The minimum Gasteiger partial charge on any atom is -0.466 e. The lowest BCUT2D eigenvalue weighted by atomic mass is 10.4. The minimum atomic E-state index is -0.688. The predicted octanol–water partition coefficient (Wildman–Crippen LogP) is 0.417. The lowest BCUT2D eigenvalue weighted by molar-refractivity contribution is -0.148. The van der Waals surface area contributed by atoms with Crippen LogP contribution in [0.2, 0.25) is 0 Å². The number of carbonyl (C=O) groups is 1. The second kappa shape index (κ2) is 4.39. The minimum absolute atomic E-state index is 0.167. The summed E-state index contributed by atoms with van der Waals surface area (Å²) in [5, 5.41) is 0. The van der Waals surface area contributed by atoms with Crippen LogP contribution in [-0.4, -0.2) is 29.2 Å². The molecule has 1 aromatic rings. The molecule has 0 saturated heterocycles. The monoisotopic (exact) mass is 182 g/mol. The Kier molecular flexibility index (Phi) is 3.19. The molecule has 0 aliphatic rings. The maximum atomic E-state index is 10.9. The van der Waals surface area contributed by atoms with Crippen LogP contribution in [0.15, 0.2) is 18.5 Å². The van der Waals surface area contributed by atoms with Gasteiger partial charge in [-0.2, -0.15) is 0 Å². The van der Waals surface area contributed by atoms with Crippen molar-refractivity contribution >= 4 is 5.97 Å². The van der Waals surface area contributed by atoms with Gasteiger partial charge >= 0.3 is 12.0 Å². The zero-order valence-corrected chi connectivity index (χ0v) is 7.43. The smallest absolute Gasteiger partial charge is 0.346 e. The maximum Gasteiger partial charge on any atom is 0.346 e. The van der Waals surface area contributed by atoms with Crippen molar-refractivity contribution in [3.05, 3.63) is 18.5 Å². The van der Waals surface area contributed by atoms with Gasteiger partial charge in [-0.05, 0) is 13.0 Å². The first-order valence-electron chi connectivity index (χ1n) is 3.75. The van der Waals surface area contributed by atoms with Gasteiger partial charge in [0.05, 0.1) is 7.11 Å². The molecule has 13 heavy (non-hydrogen) atoms. The molecule has 0 aliphatic heterocycles. The SMILES string of the molecule is COC(=O)C(C)Oc1ncccn1. The van der Waals surface area contributed by atoms with Crippen LogP contribution in [0.5, 0.6) is 6.01 Å².